The molecular weight excluding hydrogens is 516 g/mol. The van der Waals surface area contributed by atoms with Crippen LogP contribution in [0.5, 0.6) is 17.2 Å². The van der Waals surface area contributed by atoms with Gasteiger partial charge in [-0.25, -0.2) is 0 Å². The van der Waals surface area contributed by atoms with Crippen molar-refractivity contribution in [2.24, 2.45) is 0 Å². The number of ether oxygens (including phenoxy) is 4. The fourth-order valence-corrected chi connectivity index (χ4v) is 6.10. The zero-order valence-corrected chi connectivity index (χ0v) is 25.0. The number of hydrogen-bond acceptors (Lipinski definition) is 6. The van der Waals surface area contributed by atoms with Crippen LogP contribution in [0.15, 0.2) is 42.5 Å². The van der Waals surface area contributed by atoms with Gasteiger partial charge in [-0.05, 0) is 94.3 Å². The minimum atomic E-state index is 0.149. The van der Waals surface area contributed by atoms with Crippen LogP contribution in [0, 0.1) is 5.41 Å². The van der Waals surface area contributed by atoms with Crippen LogP contribution >= 0.6 is 0 Å². The maximum atomic E-state index is 13.9. The number of nitrogens with one attached hydrogen (secondary N) is 1. The number of rotatable bonds is 14. The molecule has 0 unspecified atom stereocenters. The number of hydrogen-bond donors (Lipinski definition) is 1. The van der Waals surface area contributed by atoms with Crippen molar-refractivity contribution >= 4 is 11.8 Å². The van der Waals surface area contributed by atoms with Gasteiger partial charge in [0.15, 0.2) is 11.5 Å². The van der Waals surface area contributed by atoms with Crippen LogP contribution < -0.4 is 14.2 Å². The van der Waals surface area contributed by atoms with E-state index in [4.69, 9.17) is 24.4 Å². The molecule has 0 bridgehead atoms. The summed E-state index contributed by atoms with van der Waals surface area (Å²) in [6.07, 6.45) is 14.7. The average molecular weight is 565 g/mol. The monoisotopic (exact) mass is 564 g/mol. The lowest BCUT2D eigenvalue weighted by molar-refractivity contribution is 0.0448. The normalized spacial score (nSPS) is 16.1. The molecule has 224 valence electrons. The SMILES string of the molecule is CCOC(=N)c1ccc(OCCCCCOc2ccc(C(=O)N(C3CCCCC3)C3CCCCC3)cc2OC)cc1. The van der Waals surface area contributed by atoms with Crippen LogP contribution in [-0.2, 0) is 4.74 Å². The maximum Gasteiger partial charge on any atom is 0.254 e. The molecular formula is C34H48N2O5. The van der Waals surface area contributed by atoms with Gasteiger partial charge in [0.2, 0.25) is 5.90 Å². The summed E-state index contributed by atoms with van der Waals surface area (Å²) in [5.74, 6) is 2.42. The molecule has 0 atom stereocenters. The first-order valence-electron chi connectivity index (χ1n) is 15.7. The van der Waals surface area contributed by atoms with Crippen LogP contribution in [0.4, 0.5) is 0 Å². The molecule has 41 heavy (non-hydrogen) atoms. The lowest BCUT2D eigenvalue weighted by Crippen LogP contribution is -2.48. The lowest BCUT2D eigenvalue weighted by Gasteiger charge is -2.42. The third-order valence-electron chi connectivity index (χ3n) is 8.30. The number of nitrogens with zero attached hydrogens (tertiary/aromatic N) is 1. The van der Waals surface area contributed by atoms with E-state index in [0.29, 0.717) is 49.0 Å². The van der Waals surface area contributed by atoms with Gasteiger partial charge in [0.1, 0.15) is 5.75 Å². The van der Waals surface area contributed by atoms with E-state index in [0.717, 1.165) is 56.3 Å². The van der Waals surface area contributed by atoms with Gasteiger partial charge in [-0.2, -0.15) is 0 Å². The van der Waals surface area contributed by atoms with Crippen LogP contribution in [0.2, 0.25) is 0 Å². The van der Waals surface area contributed by atoms with Gasteiger partial charge < -0.3 is 23.8 Å². The minimum Gasteiger partial charge on any atom is -0.494 e. The quantitative estimate of drug-likeness (QED) is 0.144. The first-order valence-corrected chi connectivity index (χ1v) is 15.7. The third-order valence-corrected chi connectivity index (χ3v) is 8.30. The van der Waals surface area contributed by atoms with E-state index < -0.39 is 0 Å². The summed E-state index contributed by atoms with van der Waals surface area (Å²) in [4.78, 5) is 16.1. The Balaban J connectivity index is 1.23. The summed E-state index contributed by atoms with van der Waals surface area (Å²) in [7, 11) is 1.64. The van der Waals surface area contributed by atoms with Gasteiger partial charge >= 0.3 is 0 Å². The van der Waals surface area contributed by atoms with E-state index in [2.05, 4.69) is 4.90 Å². The number of benzene rings is 2. The number of carbonyl (C=O) groups excluding carboxylic acids is 1. The number of amides is 1. The molecule has 0 radical (unpaired) electrons. The van der Waals surface area contributed by atoms with Gasteiger partial charge in [-0.1, -0.05) is 38.5 Å². The molecule has 2 fully saturated rings. The van der Waals surface area contributed by atoms with Crippen molar-refractivity contribution in [3.63, 3.8) is 0 Å². The predicted octanol–water partition coefficient (Wildman–Crippen LogP) is 7.79. The number of methoxy groups -OCH3 is 1. The first-order chi connectivity index (χ1) is 20.1. The van der Waals surface area contributed by atoms with Crippen LogP contribution in [0.1, 0.15) is 106 Å². The summed E-state index contributed by atoms with van der Waals surface area (Å²) >= 11 is 0. The Kier molecular flexibility index (Phi) is 12.2. The highest BCUT2D eigenvalue weighted by atomic mass is 16.5. The second-order valence-corrected chi connectivity index (χ2v) is 11.2. The molecule has 2 aromatic carbocycles. The molecule has 1 N–H and O–H groups in total. The Bertz CT molecular complexity index is 1070. The molecule has 0 aliphatic heterocycles. The van der Waals surface area contributed by atoms with Gasteiger partial charge in [0.25, 0.3) is 5.91 Å². The summed E-state index contributed by atoms with van der Waals surface area (Å²) < 4.78 is 22.8. The van der Waals surface area contributed by atoms with E-state index in [1.165, 1.54) is 38.5 Å². The van der Waals surface area contributed by atoms with Gasteiger partial charge in [-0.3, -0.25) is 10.2 Å². The molecule has 0 saturated heterocycles. The van der Waals surface area contributed by atoms with Crippen molar-refractivity contribution in [3.8, 4) is 17.2 Å². The Morgan fingerprint density at radius 1 is 0.780 bits per heavy atom. The second-order valence-electron chi connectivity index (χ2n) is 11.2. The summed E-state index contributed by atoms with van der Waals surface area (Å²) in [6, 6.07) is 13.8. The van der Waals surface area contributed by atoms with Crippen LogP contribution in [0.3, 0.4) is 0 Å². The van der Waals surface area contributed by atoms with Crippen LogP contribution in [0.25, 0.3) is 0 Å². The van der Waals surface area contributed by atoms with Crippen molar-refractivity contribution in [2.45, 2.75) is 102 Å². The van der Waals surface area contributed by atoms with Crippen LogP contribution in [-0.4, -0.2) is 55.7 Å². The highest BCUT2D eigenvalue weighted by Gasteiger charge is 2.33. The second kappa shape index (κ2) is 16.3. The first kappa shape index (κ1) is 30.7. The smallest absolute Gasteiger partial charge is 0.254 e. The van der Waals surface area contributed by atoms with Crippen molar-refractivity contribution < 1.29 is 23.7 Å². The molecule has 2 aromatic rings. The van der Waals surface area contributed by atoms with Gasteiger partial charge in [0, 0.05) is 23.2 Å². The van der Waals surface area contributed by atoms with E-state index >= 15 is 0 Å². The van der Waals surface area contributed by atoms with Crippen molar-refractivity contribution in [1.29, 1.82) is 5.41 Å². The average Bonchev–Trinajstić information content (AvgIpc) is 3.02. The number of carbonyl (C=O) groups is 1. The predicted molar refractivity (Wildman–Crippen MR) is 163 cm³/mol. The van der Waals surface area contributed by atoms with E-state index in [-0.39, 0.29) is 11.8 Å². The van der Waals surface area contributed by atoms with Crippen molar-refractivity contribution in [1.82, 2.24) is 4.90 Å². The fraction of sp³-hybridized carbons (Fsp3) is 0.588. The van der Waals surface area contributed by atoms with E-state index in [9.17, 15) is 4.79 Å². The fourth-order valence-electron chi connectivity index (χ4n) is 6.10. The molecule has 2 aliphatic carbocycles. The molecule has 0 heterocycles. The van der Waals surface area contributed by atoms with E-state index in [1.54, 1.807) is 7.11 Å². The summed E-state index contributed by atoms with van der Waals surface area (Å²) in [6.45, 7) is 3.56. The molecule has 2 saturated carbocycles. The standard InChI is InChI=1S/C34H48N2O5/c1-3-39-33(35)26-17-20-30(21-18-26)40-23-11-6-12-24-41-31-22-19-27(25-32(31)38-2)34(37)36(28-13-7-4-8-14-28)29-15-9-5-10-16-29/h17-22,25,28-29,35H,3-16,23-24H2,1-2H3. The number of unbranched alkanes of at least 4 members (excludes halogenated alkanes) is 2. The summed E-state index contributed by atoms with van der Waals surface area (Å²) in [5.41, 5.74) is 1.44. The zero-order chi connectivity index (χ0) is 28.9. The highest BCUT2D eigenvalue weighted by Crippen LogP contribution is 2.34. The summed E-state index contributed by atoms with van der Waals surface area (Å²) in [5, 5.41) is 7.84. The molecule has 7 heteroatoms. The Labute approximate surface area is 246 Å². The molecule has 0 aromatic heterocycles. The van der Waals surface area contributed by atoms with Crippen molar-refractivity contribution in [3.05, 3.63) is 53.6 Å². The van der Waals surface area contributed by atoms with Crippen molar-refractivity contribution in [2.75, 3.05) is 26.9 Å². The van der Waals surface area contributed by atoms with Gasteiger partial charge in [-0.15, -0.1) is 0 Å². The molecule has 2 aliphatic rings. The Morgan fingerprint density at radius 2 is 1.37 bits per heavy atom. The molecule has 4 rings (SSSR count). The highest BCUT2D eigenvalue weighted by molar-refractivity contribution is 5.95. The Morgan fingerprint density at radius 3 is 1.95 bits per heavy atom. The molecule has 0 spiro atoms. The largest absolute Gasteiger partial charge is 0.494 e. The maximum absolute atomic E-state index is 13.9. The molecule has 7 nitrogen and oxygen atoms in total. The van der Waals surface area contributed by atoms with Gasteiger partial charge in [0.05, 0.1) is 26.9 Å². The zero-order valence-electron chi connectivity index (χ0n) is 25.0. The Hall–Kier alpha value is -3.22. The minimum absolute atomic E-state index is 0.149. The third kappa shape index (κ3) is 8.88. The lowest BCUT2D eigenvalue weighted by atomic mass is 9.88. The van der Waals surface area contributed by atoms with E-state index in [1.807, 2.05) is 49.4 Å². The molecule has 1 amide bonds. The topological polar surface area (TPSA) is 81.1 Å².